The molecule has 0 amide bonds. The van der Waals surface area contributed by atoms with Gasteiger partial charge >= 0.3 is 0 Å². The Morgan fingerprint density at radius 2 is 2.00 bits per heavy atom. The molecular formula is C21H27N3O. The summed E-state index contributed by atoms with van der Waals surface area (Å²) in [5.74, 6) is 0.981. The third kappa shape index (κ3) is 3.86. The van der Waals surface area contributed by atoms with Crippen LogP contribution in [0.5, 0.6) is 5.75 Å². The van der Waals surface area contributed by atoms with Gasteiger partial charge in [-0.15, -0.1) is 0 Å². The normalized spacial score (nSPS) is 24.2. The largest absolute Gasteiger partial charge is 0.487 e. The predicted molar refractivity (Wildman–Crippen MR) is 99.5 cm³/mol. The zero-order valence-electron chi connectivity index (χ0n) is 15.0. The summed E-state index contributed by atoms with van der Waals surface area (Å²) >= 11 is 0. The van der Waals surface area contributed by atoms with Crippen molar-refractivity contribution in [1.82, 2.24) is 14.8 Å². The molecule has 4 heteroatoms. The number of piperazine rings is 1. The van der Waals surface area contributed by atoms with E-state index in [1.165, 1.54) is 38.0 Å². The predicted octanol–water partition coefficient (Wildman–Crippen LogP) is 3.33. The van der Waals surface area contributed by atoms with Crippen molar-refractivity contribution >= 4 is 0 Å². The minimum atomic E-state index is 0.518. The molecule has 0 saturated carbocycles. The smallest absolute Gasteiger partial charge is 0.130 e. The minimum absolute atomic E-state index is 0.518. The zero-order valence-corrected chi connectivity index (χ0v) is 15.0. The second kappa shape index (κ2) is 7.54. The molecule has 3 heterocycles. The number of nitrogens with zero attached hydrogens (tertiary/aromatic N) is 3. The number of rotatable bonds is 5. The monoisotopic (exact) mass is 337 g/mol. The molecule has 1 aromatic carbocycles. The molecule has 1 unspecified atom stereocenters. The topological polar surface area (TPSA) is 28.6 Å². The van der Waals surface area contributed by atoms with Gasteiger partial charge in [0, 0.05) is 43.5 Å². The lowest BCUT2D eigenvalue weighted by Crippen LogP contribution is -2.54. The molecule has 0 radical (unpaired) electrons. The van der Waals surface area contributed by atoms with Crippen molar-refractivity contribution in [2.45, 2.75) is 45.0 Å². The van der Waals surface area contributed by atoms with Gasteiger partial charge in [-0.3, -0.25) is 14.8 Å². The first-order valence-electron chi connectivity index (χ1n) is 9.38. The highest BCUT2D eigenvalue weighted by atomic mass is 16.5. The summed E-state index contributed by atoms with van der Waals surface area (Å²) in [4.78, 5) is 9.64. The van der Waals surface area contributed by atoms with E-state index in [0.29, 0.717) is 12.6 Å². The van der Waals surface area contributed by atoms with Crippen LogP contribution in [0.15, 0.2) is 48.7 Å². The lowest BCUT2D eigenvalue weighted by atomic mass is 10.1. The number of fused-ring (bicyclic) bond motifs is 1. The Morgan fingerprint density at radius 1 is 1.12 bits per heavy atom. The molecular weight excluding hydrogens is 310 g/mol. The number of aromatic nitrogens is 1. The Bertz CT molecular complexity index is 691. The molecule has 1 aromatic heterocycles. The molecule has 0 spiro atoms. The summed E-state index contributed by atoms with van der Waals surface area (Å²) in [5, 5.41) is 0. The van der Waals surface area contributed by atoms with E-state index in [1.54, 1.807) is 0 Å². The van der Waals surface area contributed by atoms with Gasteiger partial charge in [0.05, 0.1) is 5.69 Å². The maximum atomic E-state index is 6.09. The van der Waals surface area contributed by atoms with Crippen LogP contribution in [0.4, 0.5) is 0 Å². The van der Waals surface area contributed by atoms with Crippen LogP contribution in [-0.4, -0.2) is 46.5 Å². The fourth-order valence-corrected chi connectivity index (χ4v) is 4.10. The summed E-state index contributed by atoms with van der Waals surface area (Å²) in [7, 11) is 0. The molecule has 4 nitrogen and oxygen atoms in total. The first kappa shape index (κ1) is 16.6. The van der Waals surface area contributed by atoms with Crippen LogP contribution < -0.4 is 4.74 Å². The third-order valence-electron chi connectivity index (χ3n) is 5.51. The van der Waals surface area contributed by atoms with Crippen molar-refractivity contribution in [2.75, 3.05) is 19.6 Å². The number of hydrogen-bond donors (Lipinski definition) is 0. The maximum absolute atomic E-state index is 6.09. The van der Waals surface area contributed by atoms with Gasteiger partial charge in [0.1, 0.15) is 12.4 Å². The van der Waals surface area contributed by atoms with E-state index in [1.807, 2.05) is 24.4 Å². The Balaban J connectivity index is 1.43. The number of hydrogen-bond acceptors (Lipinski definition) is 4. The second-order valence-corrected chi connectivity index (χ2v) is 7.29. The number of para-hydroxylation sites is 1. The Morgan fingerprint density at radius 3 is 2.88 bits per heavy atom. The molecule has 2 saturated heterocycles. The van der Waals surface area contributed by atoms with Crippen LogP contribution >= 0.6 is 0 Å². The highest BCUT2D eigenvalue weighted by Crippen LogP contribution is 2.28. The molecule has 4 rings (SSSR count). The van der Waals surface area contributed by atoms with Crippen LogP contribution in [0, 0.1) is 0 Å². The minimum Gasteiger partial charge on any atom is -0.487 e. The van der Waals surface area contributed by atoms with E-state index in [9.17, 15) is 0 Å². The molecule has 2 atom stereocenters. The summed E-state index contributed by atoms with van der Waals surface area (Å²) in [6.45, 7) is 7.49. The molecule has 2 aliphatic rings. The van der Waals surface area contributed by atoms with Crippen molar-refractivity contribution in [3.8, 4) is 5.75 Å². The Kier molecular flexibility index (Phi) is 4.99. The third-order valence-corrected chi connectivity index (χ3v) is 5.51. The van der Waals surface area contributed by atoms with Crippen molar-refractivity contribution in [2.24, 2.45) is 0 Å². The standard InChI is InChI=1S/C21H27N3O/c1-17-13-23-12-6-9-20(23)15-24(17)14-18-7-2-3-10-21(18)25-16-19-8-4-5-11-22-19/h2-5,7-8,10-11,17,20H,6,9,12-16H2,1H3/t17-,20?/m0/s1. The van der Waals surface area contributed by atoms with Gasteiger partial charge in [-0.05, 0) is 44.5 Å². The van der Waals surface area contributed by atoms with E-state index in [4.69, 9.17) is 4.74 Å². The van der Waals surface area contributed by atoms with Crippen LogP contribution in [0.2, 0.25) is 0 Å². The van der Waals surface area contributed by atoms with Crippen LogP contribution in [0.1, 0.15) is 31.0 Å². The molecule has 0 N–H and O–H groups in total. The van der Waals surface area contributed by atoms with Gasteiger partial charge in [-0.25, -0.2) is 0 Å². The second-order valence-electron chi connectivity index (χ2n) is 7.29. The van der Waals surface area contributed by atoms with Gasteiger partial charge in [0.2, 0.25) is 0 Å². The Labute approximate surface area is 150 Å². The molecule has 2 aliphatic heterocycles. The first-order valence-corrected chi connectivity index (χ1v) is 9.38. The Hall–Kier alpha value is -1.91. The molecule has 0 bridgehead atoms. The summed E-state index contributed by atoms with van der Waals surface area (Å²) < 4.78 is 6.09. The maximum Gasteiger partial charge on any atom is 0.130 e. The molecule has 2 aromatic rings. The van der Waals surface area contributed by atoms with Crippen LogP contribution in [-0.2, 0) is 13.2 Å². The van der Waals surface area contributed by atoms with Gasteiger partial charge in [-0.1, -0.05) is 24.3 Å². The SMILES string of the molecule is C[C@H]1CN2CCCC2CN1Cc1ccccc1OCc1ccccn1. The van der Waals surface area contributed by atoms with Crippen molar-refractivity contribution in [3.63, 3.8) is 0 Å². The van der Waals surface area contributed by atoms with Gasteiger partial charge in [-0.2, -0.15) is 0 Å². The summed E-state index contributed by atoms with van der Waals surface area (Å²) in [6, 6.07) is 15.7. The van der Waals surface area contributed by atoms with Gasteiger partial charge < -0.3 is 4.74 Å². The average Bonchev–Trinajstić information content (AvgIpc) is 3.09. The fourth-order valence-electron chi connectivity index (χ4n) is 4.10. The lowest BCUT2D eigenvalue weighted by Gasteiger charge is -2.42. The molecule has 0 aliphatic carbocycles. The summed E-state index contributed by atoms with van der Waals surface area (Å²) in [5.41, 5.74) is 2.24. The van der Waals surface area contributed by atoms with Gasteiger partial charge in [0.25, 0.3) is 0 Å². The average molecular weight is 337 g/mol. The number of ether oxygens (including phenoxy) is 1. The quantitative estimate of drug-likeness (QED) is 0.837. The first-order chi connectivity index (χ1) is 12.3. The van der Waals surface area contributed by atoms with E-state index < -0.39 is 0 Å². The molecule has 25 heavy (non-hydrogen) atoms. The fraction of sp³-hybridized carbons (Fsp3) is 0.476. The van der Waals surface area contributed by atoms with Crippen molar-refractivity contribution in [1.29, 1.82) is 0 Å². The zero-order chi connectivity index (χ0) is 17.1. The highest BCUT2D eigenvalue weighted by Gasteiger charge is 2.34. The van der Waals surface area contributed by atoms with E-state index in [-0.39, 0.29) is 0 Å². The summed E-state index contributed by atoms with van der Waals surface area (Å²) in [6.07, 6.45) is 4.52. The van der Waals surface area contributed by atoms with E-state index in [2.05, 4.69) is 46.0 Å². The van der Waals surface area contributed by atoms with Gasteiger partial charge in [0.15, 0.2) is 0 Å². The highest BCUT2D eigenvalue weighted by molar-refractivity contribution is 5.33. The van der Waals surface area contributed by atoms with Crippen molar-refractivity contribution in [3.05, 3.63) is 59.9 Å². The van der Waals surface area contributed by atoms with Crippen LogP contribution in [0.3, 0.4) is 0 Å². The molecule has 2 fully saturated rings. The lowest BCUT2D eigenvalue weighted by molar-refractivity contribution is 0.0533. The van der Waals surface area contributed by atoms with E-state index >= 15 is 0 Å². The number of benzene rings is 1. The van der Waals surface area contributed by atoms with Crippen molar-refractivity contribution < 1.29 is 4.74 Å². The van der Waals surface area contributed by atoms with E-state index in [0.717, 1.165) is 24.0 Å². The molecule has 132 valence electrons. The number of pyridine rings is 1. The van der Waals surface area contributed by atoms with Crippen LogP contribution in [0.25, 0.3) is 0 Å².